The lowest BCUT2D eigenvalue weighted by molar-refractivity contribution is -0.134. The summed E-state index contributed by atoms with van der Waals surface area (Å²) in [6, 6.07) is 5.65. The number of nitrogens with zero attached hydrogens (tertiary/aromatic N) is 2. The Hall–Kier alpha value is -3.13. The lowest BCUT2D eigenvalue weighted by Gasteiger charge is -2.32. The summed E-state index contributed by atoms with van der Waals surface area (Å²) in [6.45, 7) is 3.33. The molecule has 3 rings (SSSR count). The molecule has 1 aromatic heterocycles. The third kappa shape index (κ3) is 6.18. The van der Waals surface area contributed by atoms with Gasteiger partial charge in [0.25, 0.3) is 0 Å². The number of hydrogen-bond acceptors (Lipinski definition) is 6. The molecule has 1 aromatic carbocycles. The van der Waals surface area contributed by atoms with Crippen LogP contribution in [0.3, 0.4) is 0 Å². The highest BCUT2D eigenvalue weighted by Gasteiger charge is 2.24. The monoisotopic (exact) mass is 413 g/mol. The minimum Gasteiger partial charge on any atom is -0.493 e. The molecule has 0 saturated carbocycles. The summed E-state index contributed by atoms with van der Waals surface area (Å²) >= 11 is 0. The van der Waals surface area contributed by atoms with Gasteiger partial charge in [-0.15, -0.1) is 0 Å². The maximum atomic E-state index is 12.4. The summed E-state index contributed by atoms with van der Waals surface area (Å²) in [5, 5.41) is 0. The van der Waals surface area contributed by atoms with Crippen LogP contribution in [0.5, 0.6) is 11.5 Å². The van der Waals surface area contributed by atoms with Crippen LogP contribution in [0, 0.1) is 0 Å². The first-order chi connectivity index (χ1) is 14.5. The lowest BCUT2D eigenvalue weighted by Crippen LogP contribution is -2.47. The number of carbonyl (C=O) groups is 2. The van der Waals surface area contributed by atoms with E-state index in [0.717, 1.165) is 11.3 Å². The summed E-state index contributed by atoms with van der Waals surface area (Å²) in [5.41, 5.74) is 1.79. The first-order valence-corrected chi connectivity index (χ1v) is 9.91. The highest BCUT2D eigenvalue weighted by molar-refractivity contribution is 5.91. The van der Waals surface area contributed by atoms with Gasteiger partial charge in [-0.25, -0.2) is 4.98 Å². The van der Waals surface area contributed by atoms with Gasteiger partial charge in [-0.1, -0.05) is 6.07 Å². The van der Waals surface area contributed by atoms with E-state index in [0.29, 0.717) is 50.6 Å². The van der Waals surface area contributed by atoms with Crippen molar-refractivity contribution in [1.82, 2.24) is 14.9 Å². The number of morpholine rings is 1. The van der Waals surface area contributed by atoms with Crippen LogP contribution >= 0.6 is 0 Å². The predicted octanol–water partition coefficient (Wildman–Crippen LogP) is 2.26. The Labute approximate surface area is 175 Å². The molecule has 2 aromatic rings. The molecule has 0 spiro atoms. The summed E-state index contributed by atoms with van der Waals surface area (Å²) in [7, 11) is 1.58. The molecule has 1 fully saturated rings. The fraction of sp³-hybridized carbons (Fsp3) is 0.409. The van der Waals surface area contributed by atoms with Crippen molar-refractivity contribution in [2.75, 3.05) is 33.4 Å². The Bertz CT molecular complexity index is 879. The molecule has 1 aliphatic rings. The second-order valence-corrected chi connectivity index (χ2v) is 7.12. The summed E-state index contributed by atoms with van der Waals surface area (Å²) < 4.78 is 17.1. The van der Waals surface area contributed by atoms with E-state index in [-0.39, 0.29) is 17.8 Å². The summed E-state index contributed by atoms with van der Waals surface area (Å²) in [6.07, 6.45) is 7.38. The van der Waals surface area contributed by atoms with Gasteiger partial charge in [-0.05, 0) is 37.1 Å². The first kappa shape index (κ1) is 21.6. The van der Waals surface area contributed by atoms with Crippen LogP contribution < -0.4 is 9.47 Å². The van der Waals surface area contributed by atoms with Crippen molar-refractivity contribution in [2.45, 2.75) is 25.9 Å². The fourth-order valence-corrected chi connectivity index (χ4v) is 3.13. The molecule has 30 heavy (non-hydrogen) atoms. The number of H-pyrrole nitrogens is 1. The van der Waals surface area contributed by atoms with E-state index in [1.165, 1.54) is 6.08 Å². The minimum absolute atomic E-state index is 0.0784. The largest absolute Gasteiger partial charge is 0.493 e. The quantitative estimate of drug-likeness (QED) is 0.634. The van der Waals surface area contributed by atoms with Crippen molar-refractivity contribution in [3.05, 3.63) is 48.1 Å². The van der Waals surface area contributed by atoms with Crippen LogP contribution in [0.1, 0.15) is 24.6 Å². The molecule has 1 unspecified atom stereocenters. The number of imidazole rings is 1. The van der Waals surface area contributed by atoms with E-state index in [4.69, 9.17) is 14.2 Å². The topological polar surface area (TPSA) is 93.8 Å². The summed E-state index contributed by atoms with van der Waals surface area (Å²) in [5.74, 6) is 1.30. The molecule has 0 aliphatic carbocycles. The SMILES string of the molecule is COc1cc(CCC(C)=O)ccc1OCC1CN(C(=O)C=Cc2cnc[nH]2)CCO1. The number of aromatic nitrogens is 2. The van der Waals surface area contributed by atoms with Gasteiger partial charge in [0.05, 0.1) is 38.5 Å². The van der Waals surface area contributed by atoms with Gasteiger partial charge >= 0.3 is 0 Å². The Morgan fingerprint density at radius 3 is 2.97 bits per heavy atom. The number of benzene rings is 1. The Morgan fingerprint density at radius 1 is 1.37 bits per heavy atom. The van der Waals surface area contributed by atoms with E-state index in [2.05, 4.69) is 9.97 Å². The van der Waals surface area contributed by atoms with Crippen molar-refractivity contribution in [3.8, 4) is 11.5 Å². The van der Waals surface area contributed by atoms with E-state index < -0.39 is 0 Å². The second-order valence-electron chi connectivity index (χ2n) is 7.12. The van der Waals surface area contributed by atoms with Crippen molar-refractivity contribution >= 4 is 17.8 Å². The number of ketones is 1. The normalized spacial score (nSPS) is 16.6. The van der Waals surface area contributed by atoms with Gasteiger partial charge in [-0.2, -0.15) is 0 Å². The number of nitrogens with one attached hydrogen (secondary N) is 1. The average molecular weight is 413 g/mol. The maximum Gasteiger partial charge on any atom is 0.246 e. The van der Waals surface area contributed by atoms with Gasteiger partial charge in [0.2, 0.25) is 5.91 Å². The van der Waals surface area contributed by atoms with Gasteiger partial charge in [0, 0.05) is 19.0 Å². The van der Waals surface area contributed by atoms with E-state index in [9.17, 15) is 9.59 Å². The number of aromatic amines is 1. The molecule has 1 atom stereocenters. The molecule has 2 heterocycles. The van der Waals surface area contributed by atoms with Gasteiger partial charge in [-0.3, -0.25) is 4.79 Å². The highest BCUT2D eigenvalue weighted by Crippen LogP contribution is 2.29. The predicted molar refractivity (Wildman–Crippen MR) is 111 cm³/mol. The third-order valence-corrected chi connectivity index (χ3v) is 4.79. The van der Waals surface area contributed by atoms with Crippen molar-refractivity contribution in [1.29, 1.82) is 0 Å². The van der Waals surface area contributed by atoms with Crippen LogP contribution in [0.2, 0.25) is 0 Å². The number of Topliss-reactive ketones (excluding diaryl/α,β-unsaturated/α-hetero) is 1. The standard InChI is InChI=1S/C22H27N3O5/c1-16(26)3-4-17-5-7-20(21(11-17)28-2)30-14-19-13-25(9-10-29-19)22(27)8-6-18-12-23-15-24-18/h5-8,11-12,15,19H,3-4,9-10,13-14H2,1-2H3,(H,23,24). The van der Waals surface area contributed by atoms with Gasteiger partial charge < -0.3 is 28.9 Å². The van der Waals surface area contributed by atoms with Crippen LogP contribution in [-0.4, -0.2) is 66.1 Å². The number of ether oxygens (including phenoxy) is 3. The number of amides is 1. The van der Waals surface area contributed by atoms with Gasteiger partial charge in [0.15, 0.2) is 11.5 Å². The molecular formula is C22H27N3O5. The second kappa shape index (κ2) is 10.6. The van der Waals surface area contributed by atoms with E-state index in [1.54, 1.807) is 37.5 Å². The molecular weight excluding hydrogens is 386 g/mol. The van der Waals surface area contributed by atoms with Crippen molar-refractivity contribution < 1.29 is 23.8 Å². The van der Waals surface area contributed by atoms with Gasteiger partial charge in [0.1, 0.15) is 18.5 Å². The highest BCUT2D eigenvalue weighted by atomic mass is 16.5. The van der Waals surface area contributed by atoms with E-state index >= 15 is 0 Å². The Kier molecular flexibility index (Phi) is 7.62. The van der Waals surface area contributed by atoms with E-state index in [1.807, 2.05) is 18.2 Å². The zero-order chi connectivity index (χ0) is 21.3. The Balaban J connectivity index is 1.53. The number of methoxy groups -OCH3 is 1. The zero-order valence-electron chi connectivity index (χ0n) is 17.3. The fourth-order valence-electron chi connectivity index (χ4n) is 3.13. The number of aryl methyl sites for hydroxylation is 1. The van der Waals surface area contributed by atoms with Crippen LogP contribution in [0.25, 0.3) is 6.08 Å². The number of rotatable bonds is 9. The summed E-state index contributed by atoms with van der Waals surface area (Å²) in [4.78, 5) is 32.2. The number of hydrogen-bond donors (Lipinski definition) is 1. The molecule has 8 nitrogen and oxygen atoms in total. The van der Waals surface area contributed by atoms with Crippen molar-refractivity contribution in [2.24, 2.45) is 0 Å². The molecule has 1 aliphatic heterocycles. The average Bonchev–Trinajstić information content (AvgIpc) is 3.28. The molecule has 1 saturated heterocycles. The molecule has 0 bridgehead atoms. The molecule has 160 valence electrons. The minimum atomic E-state index is -0.231. The molecule has 8 heteroatoms. The first-order valence-electron chi connectivity index (χ1n) is 9.91. The molecule has 1 amide bonds. The molecule has 0 radical (unpaired) electrons. The van der Waals surface area contributed by atoms with Crippen LogP contribution in [0.4, 0.5) is 0 Å². The van der Waals surface area contributed by atoms with Crippen LogP contribution in [0.15, 0.2) is 36.8 Å². The smallest absolute Gasteiger partial charge is 0.246 e. The third-order valence-electron chi connectivity index (χ3n) is 4.79. The lowest BCUT2D eigenvalue weighted by atomic mass is 10.1. The molecule has 1 N–H and O–H groups in total. The number of carbonyl (C=O) groups excluding carboxylic acids is 2. The zero-order valence-corrected chi connectivity index (χ0v) is 17.3. The van der Waals surface area contributed by atoms with Crippen LogP contribution in [-0.2, 0) is 20.7 Å². The maximum absolute atomic E-state index is 12.4. The van der Waals surface area contributed by atoms with Crippen molar-refractivity contribution in [3.63, 3.8) is 0 Å². The Morgan fingerprint density at radius 2 is 2.23 bits per heavy atom.